The quantitative estimate of drug-likeness (QED) is 0.846. The van der Waals surface area contributed by atoms with Gasteiger partial charge in [0, 0.05) is 23.7 Å². The molecule has 1 fully saturated rings. The Labute approximate surface area is 129 Å². The summed E-state index contributed by atoms with van der Waals surface area (Å²) in [4.78, 5) is -0.00273. The zero-order valence-electron chi connectivity index (χ0n) is 11.9. The summed E-state index contributed by atoms with van der Waals surface area (Å²) < 4.78 is 38.4. The van der Waals surface area contributed by atoms with Crippen LogP contribution >= 0.6 is 11.6 Å². The summed E-state index contributed by atoms with van der Waals surface area (Å²) in [5.41, 5.74) is 6.16. The third-order valence-electron chi connectivity index (χ3n) is 3.49. The van der Waals surface area contributed by atoms with E-state index in [4.69, 9.17) is 26.8 Å². The molecule has 2 unspecified atom stereocenters. The number of ether oxygens (including phenoxy) is 2. The minimum Gasteiger partial charge on any atom is -0.495 e. The fourth-order valence-electron chi connectivity index (χ4n) is 2.35. The Morgan fingerprint density at radius 2 is 2.24 bits per heavy atom. The molecule has 0 aromatic heterocycles. The lowest BCUT2D eigenvalue weighted by Gasteiger charge is -2.19. The van der Waals surface area contributed by atoms with Gasteiger partial charge in [-0.25, -0.2) is 13.1 Å². The van der Waals surface area contributed by atoms with Crippen molar-refractivity contribution in [1.82, 2.24) is 4.72 Å². The van der Waals surface area contributed by atoms with Crippen molar-refractivity contribution in [3.63, 3.8) is 0 Å². The molecule has 1 saturated heterocycles. The first-order valence-corrected chi connectivity index (χ1v) is 8.45. The molecule has 8 heteroatoms. The van der Waals surface area contributed by atoms with Crippen LogP contribution in [0.5, 0.6) is 5.75 Å². The van der Waals surface area contributed by atoms with E-state index in [2.05, 4.69) is 4.72 Å². The van der Waals surface area contributed by atoms with Crippen LogP contribution in [0.1, 0.15) is 18.9 Å². The monoisotopic (exact) mass is 334 g/mol. The Morgan fingerprint density at radius 3 is 2.76 bits per heavy atom. The number of rotatable bonds is 5. The van der Waals surface area contributed by atoms with E-state index < -0.39 is 10.0 Å². The van der Waals surface area contributed by atoms with Gasteiger partial charge < -0.3 is 15.2 Å². The molecule has 3 N–H and O–H groups in total. The third-order valence-corrected chi connectivity index (χ3v) is 5.21. The molecule has 1 aromatic carbocycles. The molecule has 118 valence electrons. The van der Waals surface area contributed by atoms with E-state index >= 15 is 0 Å². The van der Waals surface area contributed by atoms with Gasteiger partial charge in [0.15, 0.2) is 0 Å². The lowest BCUT2D eigenvalue weighted by atomic mass is 10.2. The van der Waals surface area contributed by atoms with Crippen LogP contribution in [-0.2, 0) is 21.3 Å². The maximum atomic E-state index is 12.6. The molecule has 1 aromatic rings. The summed E-state index contributed by atoms with van der Waals surface area (Å²) in [6.07, 6.45) is 0.464. The maximum absolute atomic E-state index is 12.6. The summed E-state index contributed by atoms with van der Waals surface area (Å²) in [6.45, 7) is 2.50. The number of halogens is 1. The van der Waals surface area contributed by atoms with Crippen molar-refractivity contribution in [2.75, 3.05) is 13.7 Å². The summed E-state index contributed by atoms with van der Waals surface area (Å²) in [6, 6.07) is 2.70. The van der Waals surface area contributed by atoms with Crippen LogP contribution in [0.3, 0.4) is 0 Å². The van der Waals surface area contributed by atoms with Gasteiger partial charge in [-0.05, 0) is 25.5 Å². The summed E-state index contributed by atoms with van der Waals surface area (Å²) in [7, 11) is -2.36. The Balaban J connectivity index is 2.41. The average molecular weight is 335 g/mol. The van der Waals surface area contributed by atoms with Crippen molar-refractivity contribution in [3.8, 4) is 5.75 Å². The number of nitrogens with two attached hydrogens (primary N) is 1. The highest BCUT2D eigenvalue weighted by molar-refractivity contribution is 7.89. The topological polar surface area (TPSA) is 90.7 Å². The van der Waals surface area contributed by atoms with E-state index in [0.29, 0.717) is 23.6 Å². The summed E-state index contributed by atoms with van der Waals surface area (Å²) >= 11 is 5.98. The highest BCUT2D eigenvalue weighted by Crippen LogP contribution is 2.32. The van der Waals surface area contributed by atoms with Gasteiger partial charge in [0.25, 0.3) is 0 Å². The molecule has 6 nitrogen and oxygen atoms in total. The minimum absolute atomic E-state index is 0.00273. The van der Waals surface area contributed by atoms with Gasteiger partial charge in [0.05, 0.1) is 19.3 Å². The van der Waals surface area contributed by atoms with Crippen LogP contribution < -0.4 is 15.2 Å². The molecule has 1 heterocycles. The molecule has 2 atom stereocenters. The largest absolute Gasteiger partial charge is 0.495 e. The predicted molar refractivity (Wildman–Crippen MR) is 80.0 cm³/mol. The highest BCUT2D eigenvalue weighted by Gasteiger charge is 2.31. The molecule has 1 aliphatic heterocycles. The summed E-state index contributed by atoms with van der Waals surface area (Å²) in [5, 5.41) is 0.298. The van der Waals surface area contributed by atoms with Gasteiger partial charge in [-0.2, -0.15) is 0 Å². The van der Waals surface area contributed by atoms with Crippen molar-refractivity contribution in [2.45, 2.75) is 36.9 Å². The standard InChI is InChI=1S/C13H19ClN2O4S/c1-8-11(3-4-20-8)16-21(17,18)12-6-10(14)5-9(7-15)13(12)19-2/h5-6,8,11,16H,3-4,7,15H2,1-2H3. The number of hydrogen-bond acceptors (Lipinski definition) is 5. The Hall–Kier alpha value is -0.860. The first-order valence-electron chi connectivity index (χ1n) is 6.59. The van der Waals surface area contributed by atoms with Crippen molar-refractivity contribution in [3.05, 3.63) is 22.7 Å². The Kier molecular flexibility index (Phi) is 5.11. The third kappa shape index (κ3) is 3.49. The average Bonchev–Trinajstić information content (AvgIpc) is 2.82. The molecule has 21 heavy (non-hydrogen) atoms. The molecule has 0 aliphatic carbocycles. The second-order valence-electron chi connectivity index (χ2n) is 4.89. The van der Waals surface area contributed by atoms with Crippen LogP contribution in [0.25, 0.3) is 0 Å². The van der Waals surface area contributed by atoms with Crippen molar-refractivity contribution < 1.29 is 17.9 Å². The summed E-state index contributed by atoms with van der Waals surface area (Å²) in [5.74, 6) is 0.223. The highest BCUT2D eigenvalue weighted by atomic mass is 35.5. The van der Waals surface area contributed by atoms with Gasteiger partial charge in [-0.3, -0.25) is 0 Å². The molecule has 0 bridgehead atoms. The molecule has 0 radical (unpaired) electrons. The number of hydrogen-bond donors (Lipinski definition) is 2. The van der Waals surface area contributed by atoms with Gasteiger partial charge in [-0.1, -0.05) is 11.6 Å². The number of nitrogens with one attached hydrogen (secondary N) is 1. The van der Waals surface area contributed by atoms with E-state index in [1.165, 1.54) is 13.2 Å². The van der Waals surface area contributed by atoms with E-state index in [1.807, 2.05) is 6.92 Å². The minimum atomic E-state index is -3.77. The van der Waals surface area contributed by atoms with Gasteiger partial charge >= 0.3 is 0 Å². The molecular weight excluding hydrogens is 316 g/mol. The van der Waals surface area contributed by atoms with E-state index in [0.717, 1.165) is 0 Å². The van der Waals surface area contributed by atoms with Crippen LogP contribution in [0.4, 0.5) is 0 Å². The number of benzene rings is 1. The molecule has 0 spiro atoms. The smallest absolute Gasteiger partial charge is 0.244 e. The fraction of sp³-hybridized carbons (Fsp3) is 0.538. The van der Waals surface area contributed by atoms with Gasteiger partial charge in [-0.15, -0.1) is 0 Å². The first-order chi connectivity index (χ1) is 9.89. The normalized spacial score (nSPS) is 22.5. The lowest BCUT2D eigenvalue weighted by molar-refractivity contribution is 0.117. The van der Waals surface area contributed by atoms with Crippen molar-refractivity contribution in [2.24, 2.45) is 5.73 Å². The first kappa shape index (κ1) is 16.5. The fourth-order valence-corrected chi connectivity index (χ4v) is 4.24. The second-order valence-corrected chi connectivity index (χ2v) is 7.01. The zero-order chi connectivity index (χ0) is 15.6. The SMILES string of the molecule is COc1c(CN)cc(Cl)cc1S(=O)(=O)NC1CCOC1C. The molecular formula is C13H19ClN2O4S. The van der Waals surface area contributed by atoms with Gasteiger partial charge in [0.2, 0.25) is 10.0 Å². The molecule has 0 saturated carbocycles. The van der Waals surface area contributed by atoms with E-state index in [9.17, 15) is 8.42 Å². The van der Waals surface area contributed by atoms with E-state index in [1.54, 1.807) is 6.07 Å². The molecule has 0 amide bonds. The van der Waals surface area contributed by atoms with Gasteiger partial charge in [0.1, 0.15) is 10.6 Å². The van der Waals surface area contributed by atoms with Crippen LogP contribution in [-0.4, -0.2) is 34.3 Å². The maximum Gasteiger partial charge on any atom is 0.244 e. The van der Waals surface area contributed by atoms with Crippen LogP contribution in [0.15, 0.2) is 17.0 Å². The van der Waals surface area contributed by atoms with Crippen molar-refractivity contribution in [1.29, 1.82) is 0 Å². The predicted octanol–water partition coefficient (Wildman–Crippen LogP) is 1.26. The lowest BCUT2D eigenvalue weighted by Crippen LogP contribution is -2.39. The second kappa shape index (κ2) is 6.50. The Bertz CT molecular complexity index is 621. The number of sulfonamides is 1. The zero-order valence-corrected chi connectivity index (χ0v) is 13.5. The van der Waals surface area contributed by atoms with Crippen LogP contribution in [0, 0.1) is 0 Å². The number of methoxy groups -OCH3 is 1. The van der Waals surface area contributed by atoms with E-state index in [-0.39, 0.29) is 29.3 Å². The Morgan fingerprint density at radius 1 is 1.52 bits per heavy atom. The van der Waals surface area contributed by atoms with Crippen molar-refractivity contribution >= 4 is 21.6 Å². The molecule has 1 aliphatic rings. The molecule has 2 rings (SSSR count). The van der Waals surface area contributed by atoms with Crippen LogP contribution in [0.2, 0.25) is 5.02 Å².